The molecule has 1 N–H and O–H groups in total. The predicted octanol–water partition coefficient (Wildman–Crippen LogP) is 5.43. The number of carbonyl (C=O) groups excluding carboxylic acids is 1. The highest BCUT2D eigenvalue weighted by Crippen LogP contribution is 2.29. The normalized spacial score (nSPS) is 10.7. The summed E-state index contributed by atoms with van der Waals surface area (Å²) in [5.74, 6) is 0.593. The highest BCUT2D eigenvalue weighted by molar-refractivity contribution is 6.30. The van der Waals surface area contributed by atoms with Crippen LogP contribution in [0.1, 0.15) is 21.6 Å². The zero-order chi connectivity index (χ0) is 23.5. The van der Waals surface area contributed by atoms with Crippen molar-refractivity contribution < 1.29 is 9.53 Å². The van der Waals surface area contributed by atoms with Crippen LogP contribution >= 0.6 is 11.6 Å². The Labute approximate surface area is 196 Å². The molecule has 4 rings (SSSR count). The third-order valence-electron chi connectivity index (χ3n) is 5.33. The molecular weight excluding hydrogens is 438 g/mol. The van der Waals surface area contributed by atoms with E-state index in [9.17, 15) is 9.59 Å². The van der Waals surface area contributed by atoms with Gasteiger partial charge in [-0.1, -0.05) is 41.9 Å². The zero-order valence-corrected chi connectivity index (χ0v) is 19.2. The molecule has 0 aliphatic heterocycles. The first kappa shape index (κ1) is 22.3. The summed E-state index contributed by atoms with van der Waals surface area (Å²) in [6.45, 7) is 3.51. The van der Waals surface area contributed by atoms with E-state index in [0.717, 1.165) is 5.56 Å². The molecule has 1 heterocycles. The number of aromatic nitrogens is 2. The standard InChI is InChI=1S/C26H22ClN3O3/c1-16-6-4-5-7-22(16)26(32)28-25-23(18-8-14-21(33-3)15-9-18)24(31)17(2)29-30(25)20-12-10-19(27)11-13-20/h4-15H,1-3H3,(H,28,32). The summed E-state index contributed by atoms with van der Waals surface area (Å²) in [5, 5.41) is 7.99. The second kappa shape index (κ2) is 9.30. The van der Waals surface area contributed by atoms with Gasteiger partial charge in [-0.2, -0.15) is 5.10 Å². The van der Waals surface area contributed by atoms with Crippen molar-refractivity contribution in [2.24, 2.45) is 0 Å². The topological polar surface area (TPSA) is 73.2 Å². The average Bonchev–Trinajstić information content (AvgIpc) is 2.82. The van der Waals surface area contributed by atoms with Crippen molar-refractivity contribution >= 4 is 23.3 Å². The van der Waals surface area contributed by atoms with Gasteiger partial charge < -0.3 is 10.1 Å². The van der Waals surface area contributed by atoms with Gasteiger partial charge in [0.2, 0.25) is 5.43 Å². The largest absolute Gasteiger partial charge is 0.497 e. The summed E-state index contributed by atoms with van der Waals surface area (Å²) in [5.41, 5.74) is 2.97. The fourth-order valence-corrected chi connectivity index (χ4v) is 3.68. The van der Waals surface area contributed by atoms with E-state index in [1.165, 1.54) is 0 Å². The highest BCUT2D eigenvalue weighted by Gasteiger charge is 2.21. The SMILES string of the molecule is COc1ccc(-c2c(NC(=O)c3ccccc3C)n(-c3ccc(Cl)cc3)nc(C)c2=O)cc1. The molecule has 0 spiro atoms. The minimum atomic E-state index is -0.337. The summed E-state index contributed by atoms with van der Waals surface area (Å²) in [7, 11) is 1.58. The molecule has 6 nitrogen and oxygen atoms in total. The van der Waals surface area contributed by atoms with Crippen LogP contribution in [-0.2, 0) is 0 Å². The maximum absolute atomic E-state index is 13.3. The molecule has 4 aromatic rings. The molecule has 7 heteroatoms. The van der Waals surface area contributed by atoms with Gasteiger partial charge in [0.15, 0.2) is 0 Å². The number of carbonyl (C=O) groups is 1. The molecule has 0 fully saturated rings. The Balaban J connectivity index is 1.96. The van der Waals surface area contributed by atoms with Crippen LogP contribution < -0.4 is 15.5 Å². The Morgan fingerprint density at radius 3 is 2.27 bits per heavy atom. The average molecular weight is 460 g/mol. The lowest BCUT2D eigenvalue weighted by atomic mass is 10.0. The number of amides is 1. The Morgan fingerprint density at radius 1 is 0.970 bits per heavy atom. The lowest BCUT2D eigenvalue weighted by molar-refractivity contribution is 0.102. The number of benzene rings is 3. The Hall–Kier alpha value is -3.90. The highest BCUT2D eigenvalue weighted by atomic mass is 35.5. The molecule has 33 heavy (non-hydrogen) atoms. The van der Waals surface area contributed by atoms with Crippen LogP contribution in [-0.4, -0.2) is 22.8 Å². The predicted molar refractivity (Wildman–Crippen MR) is 131 cm³/mol. The molecule has 0 aliphatic rings. The van der Waals surface area contributed by atoms with Crippen LogP contribution in [0.3, 0.4) is 0 Å². The first-order valence-electron chi connectivity index (χ1n) is 10.3. The second-order valence-corrected chi connectivity index (χ2v) is 7.96. The van der Waals surface area contributed by atoms with Gasteiger partial charge in [-0.05, 0) is 67.4 Å². The van der Waals surface area contributed by atoms with Crippen molar-refractivity contribution in [3.05, 3.63) is 105 Å². The number of hydrogen-bond acceptors (Lipinski definition) is 4. The second-order valence-electron chi connectivity index (χ2n) is 7.52. The number of anilines is 1. The molecule has 0 saturated heterocycles. The number of halogens is 1. The first-order valence-corrected chi connectivity index (χ1v) is 10.7. The molecular formula is C26H22ClN3O3. The summed E-state index contributed by atoms with van der Waals surface area (Å²) >= 11 is 6.07. The minimum Gasteiger partial charge on any atom is -0.497 e. The van der Waals surface area contributed by atoms with Gasteiger partial charge in [-0.15, -0.1) is 0 Å². The van der Waals surface area contributed by atoms with Crippen LogP contribution in [0.4, 0.5) is 5.82 Å². The lowest BCUT2D eigenvalue weighted by Crippen LogP contribution is -2.25. The Morgan fingerprint density at radius 2 is 1.64 bits per heavy atom. The summed E-state index contributed by atoms with van der Waals surface area (Å²) in [4.78, 5) is 26.5. The van der Waals surface area contributed by atoms with E-state index in [0.29, 0.717) is 38.8 Å². The van der Waals surface area contributed by atoms with Crippen LogP contribution in [0.2, 0.25) is 5.02 Å². The van der Waals surface area contributed by atoms with Gasteiger partial charge in [0.05, 0.1) is 18.4 Å². The van der Waals surface area contributed by atoms with E-state index in [-0.39, 0.29) is 17.2 Å². The van der Waals surface area contributed by atoms with Crippen molar-refractivity contribution in [1.82, 2.24) is 9.78 Å². The Kier molecular flexibility index (Phi) is 6.29. The maximum atomic E-state index is 13.3. The van der Waals surface area contributed by atoms with E-state index in [1.807, 2.05) is 19.1 Å². The number of aryl methyl sites for hydroxylation is 2. The molecule has 0 atom stereocenters. The van der Waals surface area contributed by atoms with Gasteiger partial charge >= 0.3 is 0 Å². The monoisotopic (exact) mass is 459 g/mol. The van der Waals surface area contributed by atoms with Crippen molar-refractivity contribution in [3.8, 4) is 22.6 Å². The maximum Gasteiger partial charge on any atom is 0.257 e. The van der Waals surface area contributed by atoms with Gasteiger partial charge in [0, 0.05) is 10.6 Å². The quantitative estimate of drug-likeness (QED) is 0.432. The lowest BCUT2D eigenvalue weighted by Gasteiger charge is -2.19. The zero-order valence-electron chi connectivity index (χ0n) is 18.4. The molecule has 0 radical (unpaired) electrons. The van der Waals surface area contributed by atoms with Crippen molar-refractivity contribution in [1.29, 1.82) is 0 Å². The summed E-state index contributed by atoms with van der Waals surface area (Å²) in [6, 6.07) is 21.4. The molecule has 0 aliphatic carbocycles. The smallest absolute Gasteiger partial charge is 0.257 e. The molecule has 3 aromatic carbocycles. The van der Waals surface area contributed by atoms with Gasteiger partial charge in [0.25, 0.3) is 5.91 Å². The Bertz CT molecular complexity index is 1380. The van der Waals surface area contributed by atoms with Crippen LogP contribution in [0.15, 0.2) is 77.6 Å². The van der Waals surface area contributed by atoms with E-state index in [4.69, 9.17) is 16.3 Å². The third kappa shape index (κ3) is 4.52. The van der Waals surface area contributed by atoms with Crippen molar-refractivity contribution in [3.63, 3.8) is 0 Å². The molecule has 166 valence electrons. The molecule has 1 aromatic heterocycles. The molecule has 1 amide bonds. The van der Waals surface area contributed by atoms with E-state index < -0.39 is 0 Å². The van der Waals surface area contributed by atoms with Crippen molar-refractivity contribution in [2.45, 2.75) is 13.8 Å². The van der Waals surface area contributed by atoms with E-state index in [1.54, 1.807) is 79.4 Å². The fourth-order valence-electron chi connectivity index (χ4n) is 3.55. The number of rotatable bonds is 5. The van der Waals surface area contributed by atoms with Crippen LogP contribution in [0, 0.1) is 13.8 Å². The fraction of sp³-hybridized carbons (Fsp3) is 0.115. The van der Waals surface area contributed by atoms with Crippen molar-refractivity contribution in [2.75, 3.05) is 12.4 Å². The minimum absolute atomic E-state index is 0.270. The third-order valence-corrected chi connectivity index (χ3v) is 5.58. The summed E-state index contributed by atoms with van der Waals surface area (Å²) in [6.07, 6.45) is 0. The van der Waals surface area contributed by atoms with Gasteiger partial charge in [-0.3, -0.25) is 9.59 Å². The van der Waals surface area contributed by atoms with E-state index in [2.05, 4.69) is 10.4 Å². The first-order chi connectivity index (χ1) is 15.9. The van der Waals surface area contributed by atoms with Gasteiger partial charge in [0.1, 0.15) is 17.3 Å². The van der Waals surface area contributed by atoms with E-state index >= 15 is 0 Å². The number of nitrogens with zero attached hydrogens (tertiary/aromatic N) is 2. The number of ether oxygens (including phenoxy) is 1. The van der Waals surface area contributed by atoms with Crippen LogP contribution in [0.5, 0.6) is 5.75 Å². The number of hydrogen-bond donors (Lipinski definition) is 1. The number of methoxy groups -OCH3 is 1. The van der Waals surface area contributed by atoms with Crippen LogP contribution in [0.25, 0.3) is 16.8 Å². The molecule has 0 bridgehead atoms. The molecule has 0 saturated carbocycles. The van der Waals surface area contributed by atoms with Gasteiger partial charge in [-0.25, -0.2) is 4.68 Å². The molecule has 0 unspecified atom stereocenters. The number of nitrogens with one attached hydrogen (secondary N) is 1. The summed E-state index contributed by atoms with van der Waals surface area (Å²) < 4.78 is 6.81.